The minimum atomic E-state index is -1.55. The fourth-order valence-corrected chi connectivity index (χ4v) is 1.54. The van der Waals surface area contributed by atoms with Crippen LogP contribution in [0.25, 0.3) is 0 Å². The van der Waals surface area contributed by atoms with Crippen LogP contribution in [0, 0.1) is 0 Å². The molecule has 15 heavy (non-hydrogen) atoms. The van der Waals surface area contributed by atoms with E-state index in [2.05, 4.69) is 9.47 Å². The molecule has 0 aromatic rings. The minimum absolute atomic E-state index is 0. The van der Waals surface area contributed by atoms with E-state index in [4.69, 9.17) is 0 Å². The third-order valence-electron chi connectivity index (χ3n) is 2.15. The fraction of sp³-hybridized carbons (Fsp3) is 0.750. The summed E-state index contributed by atoms with van der Waals surface area (Å²) in [4.78, 5) is 20.1. The van der Waals surface area contributed by atoms with E-state index in [1.54, 1.807) is 0 Å². The predicted molar refractivity (Wildman–Crippen MR) is 39.0 cm³/mol. The smallest absolute Gasteiger partial charge is 0.546 e. The van der Waals surface area contributed by atoms with Crippen molar-refractivity contribution in [3.05, 3.63) is 0 Å². The van der Waals surface area contributed by atoms with Gasteiger partial charge in [-0.05, 0) is 25.7 Å². The van der Waals surface area contributed by atoms with Crippen molar-refractivity contribution in [2.75, 3.05) is 0 Å². The van der Waals surface area contributed by atoms with Gasteiger partial charge < -0.3 is 29.3 Å². The SMILES string of the molecule is O=C([O-])O[C@H]1CC[C@H](OC(=O)[O-])CC1.[Pd+2]. The van der Waals surface area contributed by atoms with Crippen LogP contribution in [-0.4, -0.2) is 24.5 Å². The molecule has 1 rings (SSSR count). The van der Waals surface area contributed by atoms with Crippen molar-refractivity contribution in [3.63, 3.8) is 0 Å². The topological polar surface area (TPSA) is 98.7 Å². The van der Waals surface area contributed by atoms with Gasteiger partial charge in [0.15, 0.2) is 0 Å². The second kappa shape index (κ2) is 6.64. The van der Waals surface area contributed by atoms with E-state index < -0.39 is 24.5 Å². The number of rotatable bonds is 2. The van der Waals surface area contributed by atoms with Gasteiger partial charge in [0.25, 0.3) is 12.3 Å². The third-order valence-corrected chi connectivity index (χ3v) is 2.15. The molecule has 0 saturated heterocycles. The summed E-state index contributed by atoms with van der Waals surface area (Å²) >= 11 is 0. The zero-order chi connectivity index (χ0) is 10.6. The Morgan fingerprint density at radius 1 is 0.867 bits per heavy atom. The van der Waals surface area contributed by atoms with Crippen LogP contribution < -0.4 is 10.2 Å². The first-order valence-electron chi connectivity index (χ1n) is 4.33. The van der Waals surface area contributed by atoms with Gasteiger partial charge in [-0.3, -0.25) is 0 Å². The molecule has 0 N–H and O–H groups in total. The molecule has 0 aromatic heterocycles. The number of carboxylic acid groups (broad SMARTS) is 2. The molecular formula is C8H10O6Pd. The van der Waals surface area contributed by atoms with Crippen LogP contribution in [-0.2, 0) is 29.9 Å². The van der Waals surface area contributed by atoms with Crippen molar-refractivity contribution < 1.29 is 49.7 Å². The summed E-state index contributed by atoms with van der Waals surface area (Å²) in [6.45, 7) is 0. The molecule has 0 aliphatic heterocycles. The maximum absolute atomic E-state index is 10.1. The minimum Gasteiger partial charge on any atom is -0.546 e. The molecule has 1 aliphatic rings. The summed E-state index contributed by atoms with van der Waals surface area (Å²) in [6, 6.07) is 0. The van der Waals surface area contributed by atoms with Crippen LogP contribution >= 0.6 is 0 Å². The van der Waals surface area contributed by atoms with Gasteiger partial charge in [0, 0.05) is 12.2 Å². The Morgan fingerprint density at radius 2 is 1.13 bits per heavy atom. The maximum atomic E-state index is 10.1. The summed E-state index contributed by atoms with van der Waals surface area (Å²) in [5.41, 5.74) is 0. The van der Waals surface area contributed by atoms with Crippen molar-refractivity contribution >= 4 is 12.3 Å². The number of ether oxygens (including phenoxy) is 2. The van der Waals surface area contributed by atoms with Gasteiger partial charge in [-0.1, -0.05) is 0 Å². The van der Waals surface area contributed by atoms with Crippen molar-refractivity contribution in [1.29, 1.82) is 0 Å². The molecule has 6 nitrogen and oxygen atoms in total. The molecule has 0 radical (unpaired) electrons. The Kier molecular flexibility index (Phi) is 6.29. The number of hydrogen-bond acceptors (Lipinski definition) is 6. The first-order valence-corrected chi connectivity index (χ1v) is 4.33. The largest absolute Gasteiger partial charge is 2.00 e. The molecule has 0 spiro atoms. The number of carbonyl (C=O) groups excluding carboxylic acids is 2. The van der Waals surface area contributed by atoms with E-state index in [-0.39, 0.29) is 20.4 Å². The Morgan fingerprint density at radius 3 is 1.33 bits per heavy atom. The molecule has 0 heterocycles. The quantitative estimate of drug-likeness (QED) is 0.480. The summed E-state index contributed by atoms with van der Waals surface area (Å²) in [6.07, 6.45) is -2.10. The zero-order valence-corrected chi connectivity index (χ0v) is 9.30. The predicted octanol–water partition coefficient (Wildman–Crippen LogP) is -0.985. The van der Waals surface area contributed by atoms with Crippen molar-refractivity contribution in [2.24, 2.45) is 0 Å². The molecule has 0 atom stereocenters. The molecule has 7 heteroatoms. The summed E-state index contributed by atoms with van der Waals surface area (Å²) in [7, 11) is 0. The van der Waals surface area contributed by atoms with Gasteiger partial charge in [0.1, 0.15) is 0 Å². The summed E-state index contributed by atoms with van der Waals surface area (Å²) in [5.74, 6) is 0. The van der Waals surface area contributed by atoms with E-state index in [1.165, 1.54) is 0 Å². The molecule has 1 fully saturated rings. The second-order valence-corrected chi connectivity index (χ2v) is 3.13. The average molecular weight is 309 g/mol. The Labute approximate surface area is 100 Å². The van der Waals surface area contributed by atoms with Gasteiger partial charge in [0.05, 0.1) is 0 Å². The van der Waals surface area contributed by atoms with Gasteiger partial charge in [-0.15, -0.1) is 0 Å². The van der Waals surface area contributed by atoms with Crippen LogP contribution in [0.4, 0.5) is 9.59 Å². The molecule has 88 valence electrons. The Balaban J connectivity index is 0.00000196. The molecule has 0 amide bonds. The van der Waals surface area contributed by atoms with Crippen LogP contribution in [0.15, 0.2) is 0 Å². The van der Waals surface area contributed by atoms with Crippen LogP contribution in [0.3, 0.4) is 0 Å². The summed E-state index contributed by atoms with van der Waals surface area (Å²) in [5, 5.41) is 20.1. The monoisotopic (exact) mass is 308 g/mol. The van der Waals surface area contributed by atoms with Gasteiger partial charge in [-0.25, -0.2) is 0 Å². The van der Waals surface area contributed by atoms with Crippen molar-refractivity contribution in [2.45, 2.75) is 37.9 Å². The van der Waals surface area contributed by atoms with Gasteiger partial charge >= 0.3 is 20.4 Å². The van der Waals surface area contributed by atoms with Crippen LogP contribution in [0.2, 0.25) is 0 Å². The maximum Gasteiger partial charge on any atom is 2.00 e. The molecular weight excluding hydrogens is 299 g/mol. The second-order valence-electron chi connectivity index (χ2n) is 3.13. The number of carbonyl (C=O) groups is 2. The van der Waals surface area contributed by atoms with Crippen LogP contribution in [0.1, 0.15) is 25.7 Å². The molecule has 0 bridgehead atoms. The average Bonchev–Trinajstić information content (AvgIpc) is 2.06. The Hall–Kier alpha value is -0.798. The molecule has 0 aromatic carbocycles. The summed E-state index contributed by atoms with van der Waals surface area (Å²) < 4.78 is 8.86. The van der Waals surface area contributed by atoms with E-state index in [1.807, 2.05) is 0 Å². The van der Waals surface area contributed by atoms with Crippen LogP contribution in [0.5, 0.6) is 0 Å². The normalized spacial score (nSPS) is 24.8. The van der Waals surface area contributed by atoms with Gasteiger partial charge in [0.2, 0.25) is 0 Å². The fourth-order valence-electron chi connectivity index (χ4n) is 1.54. The third kappa shape index (κ3) is 5.60. The van der Waals surface area contributed by atoms with E-state index in [9.17, 15) is 19.8 Å². The molecule has 0 unspecified atom stereocenters. The van der Waals surface area contributed by atoms with E-state index in [0.29, 0.717) is 25.7 Å². The molecule has 1 aliphatic carbocycles. The zero-order valence-electron chi connectivity index (χ0n) is 7.75. The van der Waals surface area contributed by atoms with E-state index in [0.717, 1.165) is 0 Å². The van der Waals surface area contributed by atoms with Crippen molar-refractivity contribution in [3.8, 4) is 0 Å². The van der Waals surface area contributed by atoms with E-state index >= 15 is 0 Å². The molecule has 1 saturated carbocycles. The Bertz CT molecular complexity index is 199. The van der Waals surface area contributed by atoms with Gasteiger partial charge in [-0.2, -0.15) is 0 Å². The first kappa shape index (κ1) is 14.2. The first-order chi connectivity index (χ1) is 6.58. The number of hydrogen-bond donors (Lipinski definition) is 0. The standard InChI is InChI=1S/C8H12O6.Pd/c9-7(10)13-5-1-2-6(4-3-5)14-8(11)12;/h5-6H,1-4H2,(H,9,10)(H,11,12);/q;+2/p-2/t5-,6-;. The van der Waals surface area contributed by atoms with Crippen molar-refractivity contribution in [1.82, 2.24) is 0 Å².